The van der Waals surface area contributed by atoms with Gasteiger partial charge in [0.2, 0.25) is 0 Å². The number of hydrogen-bond donors (Lipinski definition) is 1. The van der Waals surface area contributed by atoms with Crippen LogP contribution in [0.25, 0.3) is 11.0 Å². The molecule has 114 valence electrons. The van der Waals surface area contributed by atoms with Crippen LogP contribution in [-0.2, 0) is 13.6 Å². The molecule has 0 aliphatic rings. The number of benzene rings is 1. The predicted molar refractivity (Wildman–Crippen MR) is 84.8 cm³/mol. The summed E-state index contributed by atoms with van der Waals surface area (Å²) in [7, 11) is 1.95. The molecule has 0 atom stereocenters. The van der Waals surface area contributed by atoms with Crippen LogP contribution >= 0.6 is 0 Å². The van der Waals surface area contributed by atoms with Gasteiger partial charge in [0, 0.05) is 12.6 Å². The topological polar surface area (TPSA) is 60.1 Å². The molecule has 1 N–H and O–H groups in total. The summed E-state index contributed by atoms with van der Waals surface area (Å²) >= 11 is 0. The second-order valence-corrected chi connectivity index (χ2v) is 5.47. The molecule has 5 heteroatoms. The van der Waals surface area contributed by atoms with Crippen molar-refractivity contribution in [2.24, 2.45) is 7.05 Å². The number of para-hydroxylation sites is 2. The van der Waals surface area contributed by atoms with Crippen LogP contribution in [0.1, 0.15) is 33.3 Å². The van der Waals surface area contributed by atoms with Crippen molar-refractivity contribution < 1.29 is 9.21 Å². The highest BCUT2D eigenvalue weighted by Crippen LogP contribution is 2.20. The van der Waals surface area contributed by atoms with Gasteiger partial charge in [-0.05, 0) is 32.9 Å². The summed E-state index contributed by atoms with van der Waals surface area (Å²) in [5.41, 5.74) is 3.50. The molecule has 2 heterocycles. The van der Waals surface area contributed by atoms with Gasteiger partial charge < -0.3 is 14.3 Å². The first-order chi connectivity index (χ1) is 10.5. The molecular formula is C17H19N3O2. The molecule has 1 aromatic carbocycles. The molecule has 0 radical (unpaired) electrons. The van der Waals surface area contributed by atoms with E-state index >= 15 is 0 Å². The Morgan fingerprint density at radius 2 is 1.95 bits per heavy atom. The summed E-state index contributed by atoms with van der Waals surface area (Å²) in [6.45, 7) is 5.96. The zero-order valence-corrected chi connectivity index (χ0v) is 13.2. The third kappa shape index (κ3) is 2.28. The summed E-state index contributed by atoms with van der Waals surface area (Å²) in [5.74, 6) is 2.13. The van der Waals surface area contributed by atoms with E-state index in [1.165, 1.54) is 0 Å². The van der Waals surface area contributed by atoms with Crippen molar-refractivity contribution in [2.45, 2.75) is 27.3 Å². The van der Waals surface area contributed by atoms with Crippen molar-refractivity contribution in [2.75, 3.05) is 0 Å². The van der Waals surface area contributed by atoms with Crippen LogP contribution < -0.4 is 5.32 Å². The number of fused-ring (bicyclic) bond motifs is 1. The van der Waals surface area contributed by atoms with Gasteiger partial charge in [-0.15, -0.1) is 0 Å². The van der Waals surface area contributed by atoms with Gasteiger partial charge in [-0.3, -0.25) is 4.79 Å². The van der Waals surface area contributed by atoms with Gasteiger partial charge in [-0.25, -0.2) is 4.98 Å². The van der Waals surface area contributed by atoms with Crippen LogP contribution in [0.4, 0.5) is 0 Å². The van der Waals surface area contributed by atoms with Crippen LogP contribution in [0.5, 0.6) is 0 Å². The number of hydrogen-bond acceptors (Lipinski definition) is 3. The van der Waals surface area contributed by atoms with E-state index in [2.05, 4.69) is 10.3 Å². The third-order valence-electron chi connectivity index (χ3n) is 4.08. The Morgan fingerprint density at radius 1 is 1.23 bits per heavy atom. The average molecular weight is 297 g/mol. The minimum Gasteiger partial charge on any atom is -0.466 e. The number of amides is 1. The van der Waals surface area contributed by atoms with E-state index in [0.29, 0.717) is 17.9 Å². The minimum atomic E-state index is -0.126. The highest BCUT2D eigenvalue weighted by atomic mass is 16.3. The molecule has 0 spiro atoms. The highest BCUT2D eigenvalue weighted by Gasteiger charge is 2.18. The maximum atomic E-state index is 12.4. The number of rotatable bonds is 3. The maximum absolute atomic E-state index is 12.4. The van der Waals surface area contributed by atoms with E-state index in [4.69, 9.17) is 4.42 Å². The molecule has 3 aromatic rings. The number of carbonyl (C=O) groups excluding carboxylic acids is 1. The van der Waals surface area contributed by atoms with Crippen molar-refractivity contribution >= 4 is 16.9 Å². The fraction of sp³-hybridized carbons (Fsp3) is 0.294. The van der Waals surface area contributed by atoms with Gasteiger partial charge in [-0.2, -0.15) is 0 Å². The molecular weight excluding hydrogens is 278 g/mol. The molecule has 0 saturated heterocycles. The summed E-state index contributed by atoms with van der Waals surface area (Å²) in [6.07, 6.45) is 0. The normalized spacial score (nSPS) is 11.1. The Hall–Kier alpha value is -2.56. The lowest BCUT2D eigenvalue weighted by molar-refractivity contribution is 0.0947. The van der Waals surface area contributed by atoms with E-state index in [-0.39, 0.29) is 5.91 Å². The Labute approximate surface area is 129 Å². The summed E-state index contributed by atoms with van der Waals surface area (Å²) in [4.78, 5) is 16.9. The lowest BCUT2D eigenvalue weighted by Crippen LogP contribution is -2.25. The van der Waals surface area contributed by atoms with Gasteiger partial charge in [0.05, 0.1) is 23.1 Å². The fourth-order valence-electron chi connectivity index (χ4n) is 2.73. The third-order valence-corrected chi connectivity index (χ3v) is 4.08. The number of imidazole rings is 1. The van der Waals surface area contributed by atoms with Crippen molar-refractivity contribution in [1.82, 2.24) is 14.9 Å². The number of carbonyl (C=O) groups is 1. The number of nitrogens with one attached hydrogen (secondary N) is 1. The minimum absolute atomic E-state index is 0.126. The molecule has 0 aliphatic heterocycles. The summed E-state index contributed by atoms with van der Waals surface area (Å²) < 4.78 is 7.50. The molecule has 0 fully saturated rings. The van der Waals surface area contributed by atoms with E-state index in [9.17, 15) is 4.79 Å². The first-order valence-electron chi connectivity index (χ1n) is 7.24. The first kappa shape index (κ1) is 14.4. The maximum Gasteiger partial charge on any atom is 0.255 e. The smallest absolute Gasteiger partial charge is 0.255 e. The van der Waals surface area contributed by atoms with E-state index in [0.717, 1.165) is 28.2 Å². The second kappa shape index (κ2) is 5.33. The zero-order valence-electron chi connectivity index (χ0n) is 13.2. The predicted octanol–water partition coefficient (Wildman–Crippen LogP) is 3.02. The summed E-state index contributed by atoms with van der Waals surface area (Å²) in [6, 6.07) is 7.92. The van der Waals surface area contributed by atoms with Gasteiger partial charge >= 0.3 is 0 Å². The van der Waals surface area contributed by atoms with E-state index in [1.807, 2.05) is 56.7 Å². The lowest BCUT2D eigenvalue weighted by atomic mass is 10.1. The van der Waals surface area contributed by atoms with Crippen molar-refractivity contribution in [3.8, 4) is 0 Å². The Kier molecular flexibility index (Phi) is 3.48. The SMILES string of the molecule is Cc1oc(C)c(C(=O)NCc2nc3ccccc3n2C)c1C. The van der Waals surface area contributed by atoms with Crippen LogP contribution in [0.2, 0.25) is 0 Å². The Morgan fingerprint density at radius 3 is 2.59 bits per heavy atom. The number of aromatic nitrogens is 2. The van der Waals surface area contributed by atoms with Gasteiger partial charge in [0.1, 0.15) is 17.3 Å². The number of nitrogens with zero attached hydrogens (tertiary/aromatic N) is 2. The number of furan rings is 1. The number of aryl methyl sites for hydroxylation is 3. The van der Waals surface area contributed by atoms with Crippen LogP contribution in [0, 0.1) is 20.8 Å². The van der Waals surface area contributed by atoms with Crippen molar-refractivity contribution in [1.29, 1.82) is 0 Å². The van der Waals surface area contributed by atoms with Gasteiger partial charge in [-0.1, -0.05) is 12.1 Å². The largest absolute Gasteiger partial charge is 0.466 e. The van der Waals surface area contributed by atoms with Crippen molar-refractivity contribution in [3.05, 3.63) is 52.7 Å². The quantitative estimate of drug-likeness (QED) is 0.808. The molecule has 0 saturated carbocycles. The molecule has 2 aromatic heterocycles. The Balaban J connectivity index is 1.82. The molecule has 5 nitrogen and oxygen atoms in total. The van der Waals surface area contributed by atoms with E-state index < -0.39 is 0 Å². The second-order valence-electron chi connectivity index (χ2n) is 5.47. The molecule has 3 rings (SSSR count). The standard InChI is InChI=1S/C17H19N3O2/c1-10-11(2)22-12(3)16(10)17(21)18-9-15-19-13-7-5-6-8-14(13)20(15)4/h5-8H,9H2,1-4H3,(H,18,21). The highest BCUT2D eigenvalue weighted by molar-refractivity contribution is 5.96. The Bertz CT molecular complexity index is 858. The zero-order chi connectivity index (χ0) is 15.9. The molecule has 0 aliphatic carbocycles. The molecule has 22 heavy (non-hydrogen) atoms. The molecule has 1 amide bonds. The average Bonchev–Trinajstić information content (AvgIpc) is 2.94. The molecule has 0 bridgehead atoms. The summed E-state index contributed by atoms with van der Waals surface area (Å²) in [5, 5.41) is 2.93. The lowest BCUT2D eigenvalue weighted by Gasteiger charge is -2.06. The first-order valence-corrected chi connectivity index (χ1v) is 7.24. The molecule has 0 unspecified atom stereocenters. The fourth-order valence-corrected chi connectivity index (χ4v) is 2.73. The van der Waals surface area contributed by atoms with Crippen LogP contribution in [0.15, 0.2) is 28.7 Å². The van der Waals surface area contributed by atoms with Crippen molar-refractivity contribution in [3.63, 3.8) is 0 Å². The monoisotopic (exact) mass is 297 g/mol. The van der Waals surface area contributed by atoms with E-state index in [1.54, 1.807) is 0 Å². The van der Waals surface area contributed by atoms with Gasteiger partial charge in [0.15, 0.2) is 0 Å². The van der Waals surface area contributed by atoms with Crippen LogP contribution in [0.3, 0.4) is 0 Å². The van der Waals surface area contributed by atoms with Gasteiger partial charge in [0.25, 0.3) is 5.91 Å². The van der Waals surface area contributed by atoms with Crippen LogP contribution in [-0.4, -0.2) is 15.5 Å².